The van der Waals surface area contributed by atoms with Gasteiger partial charge in [-0.05, 0) is 41.6 Å². The molecule has 10 heavy (non-hydrogen) atoms. The van der Waals surface area contributed by atoms with E-state index in [0.717, 1.165) is 0 Å². The van der Waals surface area contributed by atoms with Crippen LogP contribution in [-0.4, -0.2) is 0 Å². The van der Waals surface area contributed by atoms with Gasteiger partial charge in [-0.25, -0.2) is 0 Å². The Labute approximate surface area is 69.5 Å². The van der Waals surface area contributed by atoms with Gasteiger partial charge in [-0.2, -0.15) is 0 Å². The Balaban J connectivity index is 2.23. The highest BCUT2D eigenvalue weighted by atomic mass is 33.1. The average molecular weight is 170 g/mol. The monoisotopic (exact) mass is 170 g/mol. The van der Waals surface area contributed by atoms with E-state index in [1.165, 1.54) is 25.7 Å². The van der Waals surface area contributed by atoms with Crippen LogP contribution >= 0.6 is 21.6 Å². The van der Waals surface area contributed by atoms with Crippen molar-refractivity contribution in [3.05, 3.63) is 22.0 Å². The van der Waals surface area contributed by atoms with Crippen LogP contribution in [0.2, 0.25) is 0 Å². The molecule has 2 aliphatic rings. The zero-order chi connectivity index (χ0) is 6.81. The van der Waals surface area contributed by atoms with Gasteiger partial charge in [0.15, 0.2) is 0 Å². The molecule has 0 saturated heterocycles. The fraction of sp³-hybridized carbons (Fsp3) is 0.500. The molecule has 1 aliphatic carbocycles. The number of hydrogen-bond acceptors (Lipinski definition) is 2. The second-order valence-electron chi connectivity index (χ2n) is 2.64. The second-order valence-corrected chi connectivity index (χ2v) is 4.84. The smallest absolute Gasteiger partial charge is 0.000651 e. The maximum atomic E-state index is 2.29. The van der Waals surface area contributed by atoms with Crippen LogP contribution in [0.25, 0.3) is 0 Å². The van der Waals surface area contributed by atoms with Gasteiger partial charge in [0.25, 0.3) is 0 Å². The number of rotatable bonds is 0. The van der Waals surface area contributed by atoms with Crippen molar-refractivity contribution in [2.45, 2.75) is 25.7 Å². The van der Waals surface area contributed by atoms with Crippen molar-refractivity contribution in [3.8, 4) is 0 Å². The molecule has 0 aromatic heterocycles. The summed E-state index contributed by atoms with van der Waals surface area (Å²) in [6, 6.07) is 0. The Morgan fingerprint density at radius 1 is 1.20 bits per heavy atom. The largest absolute Gasteiger partial charge is 0.0609 e. The summed E-state index contributed by atoms with van der Waals surface area (Å²) in [7, 11) is 3.82. The van der Waals surface area contributed by atoms with Gasteiger partial charge >= 0.3 is 0 Å². The van der Waals surface area contributed by atoms with Crippen LogP contribution < -0.4 is 0 Å². The molecule has 0 fully saturated rings. The Morgan fingerprint density at radius 2 is 2.10 bits per heavy atom. The van der Waals surface area contributed by atoms with Gasteiger partial charge in [0.2, 0.25) is 0 Å². The first kappa shape index (κ1) is 6.86. The fourth-order valence-electron chi connectivity index (χ4n) is 1.37. The maximum Gasteiger partial charge on any atom is -0.000651 e. The van der Waals surface area contributed by atoms with Gasteiger partial charge in [0, 0.05) is 0 Å². The molecule has 0 nitrogen and oxygen atoms in total. The van der Waals surface area contributed by atoms with E-state index in [2.05, 4.69) is 11.5 Å². The van der Waals surface area contributed by atoms with E-state index in [4.69, 9.17) is 0 Å². The average Bonchev–Trinajstić information content (AvgIpc) is 2.05. The highest BCUT2D eigenvalue weighted by Gasteiger charge is 2.13. The molecule has 2 rings (SSSR count). The molecule has 1 heterocycles. The lowest BCUT2D eigenvalue weighted by molar-refractivity contribution is 0.705. The van der Waals surface area contributed by atoms with Gasteiger partial charge in [-0.15, -0.1) is 0 Å². The van der Waals surface area contributed by atoms with Crippen LogP contribution in [0.4, 0.5) is 0 Å². The summed E-state index contributed by atoms with van der Waals surface area (Å²) in [6.07, 6.45) is 7.74. The molecule has 0 unspecified atom stereocenters. The van der Waals surface area contributed by atoms with Crippen LogP contribution in [0.1, 0.15) is 25.7 Å². The molecule has 0 saturated carbocycles. The van der Waals surface area contributed by atoms with Gasteiger partial charge < -0.3 is 0 Å². The minimum atomic E-state index is 1.32. The SMILES string of the molecule is C1=CC2=C(CCCC2)SS1. The molecule has 0 spiro atoms. The van der Waals surface area contributed by atoms with Crippen molar-refractivity contribution >= 4 is 21.6 Å². The van der Waals surface area contributed by atoms with Crippen LogP contribution in [0, 0.1) is 0 Å². The zero-order valence-corrected chi connectivity index (χ0v) is 7.43. The van der Waals surface area contributed by atoms with Crippen LogP contribution in [0.3, 0.4) is 0 Å². The summed E-state index contributed by atoms with van der Waals surface area (Å²) >= 11 is 0. The Kier molecular flexibility index (Phi) is 2.10. The molecule has 0 N–H and O–H groups in total. The summed E-state index contributed by atoms with van der Waals surface area (Å²) in [5.74, 6) is 0. The van der Waals surface area contributed by atoms with E-state index >= 15 is 0 Å². The molecule has 1 aliphatic heterocycles. The molecule has 54 valence electrons. The molecular weight excluding hydrogens is 160 g/mol. The third kappa shape index (κ3) is 1.28. The Bertz CT molecular complexity index is 191. The fourth-order valence-corrected chi connectivity index (χ4v) is 3.52. The van der Waals surface area contributed by atoms with Crippen LogP contribution in [0.15, 0.2) is 22.0 Å². The van der Waals surface area contributed by atoms with E-state index in [9.17, 15) is 0 Å². The van der Waals surface area contributed by atoms with Crippen molar-refractivity contribution in [2.24, 2.45) is 0 Å². The Morgan fingerprint density at radius 3 is 3.00 bits per heavy atom. The number of allylic oxidation sites excluding steroid dienone is 3. The standard InChI is InChI=1S/C8H10S2/c1-2-4-8-7(3-1)5-6-9-10-8/h5-6H,1-4H2. The summed E-state index contributed by atoms with van der Waals surface area (Å²) in [4.78, 5) is 1.64. The molecular formula is C8H10S2. The van der Waals surface area contributed by atoms with E-state index in [1.807, 2.05) is 21.6 Å². The first-order chi connectivity index (χ1) is 4.97. The third-order valence-corrected chi connectivity index (χ3v) is 4.17. The van der Waals surface area contributed by atoms with Crippen molar-refractivity contribution in [2.75, 3.05) is 0 Å². The molecule has 0 aromatic carbocycles. The van der Waals surface area contributed by atoms with E-state index in [0.29, 0.717) is 0 Å². The minimum absolute atomic E-state index is 1.32. The normalized spacial score (nSPS) is 24.8. The van der Waals surface area contributed by atoms with Crippen molar-refractivity contribution in [1.82, 2.24) is 0 Å². The van der Waals surface area contributed by atoms with Gasteiger partial charge in [0.1, 0.15) is 0 Å². The van der Waals surface area contributed by atoms with Gasteiger partial charge in [0.05, 0.1) is 0 Å². The summed E-state index contributed by atoms with van der Waals surface area (Å²) in [6.45, 7) is 0. The van der Waals surface area contributed by atoms with Crippen LogP contribution in [-0.2, 0) is 0 Å². The van der Waals surface area contributed by atoms with Crippen molar-refractivity contribution in [1.29, 1.82) is 0 Å². The highest BCUT2D eigenvalue weighted by Crippen LogP contribution is 2.43. The summed E-state index contributed by atoms with van der Waals surface area (Å²) in [5.41, 5.74) is 1.61. The molecule has 0 bridgehead atoms. The minimum Gasteiger partial charge on any atom is -0.0609 e. The van der Waals surface area contributed by atoms with Gasteiger partial charge in [-0.1, -0.05) is 27.7 Å². The lowest BCUT2D eigenvalue weighted by Gasteiger charge is -2.18. The quantitative estimate of drug-likeness (QED) is 0.508. The zero-order valence-electron chi connectivity index (χ0n) is 5.80. The maximum absolute atomic E-state index is 2.29. The van der Waals surface area contributed by atoms with Crippen molar-refractivity contribution < 1.29 is 0 Å². The van der Waals surface area contributed by atoms with Crippen LogP contribution in [0.5, 0.6) is 0 Å². The predicted octanol–water partition coefficient (Wildman–Crippen LogP) is 3.72. The molecule has 0 radical (unpaired) electrons. The second kappa shape index (κ2) is 3.05. The van der Waals surface area contributed by atoms with Gasteiger partial charge in [-0.3, -0.25) is 0 Å². The third-order valence-electron chi connectivity index (χ3n) is 1.93. The molecule has 0 atom stereocenters. The van der Waals surface area contributed by atoms with E-state index in [1.54, 1.807) is 10.5 Å². The molecule has 0 aromatic rings. The lowest BCUT2D eigenvalue weighted by atomic mass is 9.99. The van der Waals surface area contributed by atoms with E-state index < -0.39 is 0 Å². The Hall–Kier alpha value is 0.180. The number of hydrogen-bond donors (Lipinski definition) is 0. The predicted molar refractivity (Wildman–Crippen MR) is 49.8 cm³/mol. The molecule has 2 heteroatoms. The first-order valence-corrected chi connectivity index (χ1v) is 5.90. The van der Waals surface area contributed by atoms with E-state index in [-0.39, 0.29) is 0 Å². The summed E-state index contributed by atoms with van der Waals surface area (Å²) in [5, 5.41) is 2.20. The lowest BCUT2D eigenvalue weighted by Crippen LogP contribution is -1.95. The summed E-state index contributed by atoms with van der Waals surface area (Å²) < 4.78 is 0. The highest BCUT2D eigenvalue weighted by molar-refractivity contribution is 8.79. The van der Waals surface area contributed by atoms with Crippen molar-refractivity contribution in [3.63, 3.8) is 0 Å². The topological polar surface area (TPSA) is 0 Å². The first-order valence-electron chi connectivity index (χ1n) is 3.69. The molecule has 0 amide bonds.